The van der Waals surface area contributed by atoms with Gasteiger partial charge in [-0.15, -0.1) is 11.3 Å². The summed E-state index contributed by atoms with van der Waals surface area (Å²) >= 11 is 10.1. The molecule has 0 radical (unpaired) electrons. The highest BCUT2D eigenvalue weighted by Crippen LogP contribution is 2.38. The summed E-state index contributed by atoms with van der Waals surface area (Å²) in [5.74, 6) is 0. The smallest absolute Gasteiger partial charge is 0.309 e. The van der Waals surface area contributed by atoms with E-state index in [0.29, 0.717) is 31.3 Å². The van der Waals surface area contributed by atoms with E-state index in [0.717, 1.165) is 0 Å². The quantitative estimate of drug-likeness (QED) is 0.814. The van der Waals surface area contributed by atoms with E-state index in [1.807, 2.05) is 0 Å². The van der Waals surface area contributed by atoms with Crippen molar-refractivity contribution in [3.63, 3.8) is 0 Å². The third kappa shape index (κ3) is 3.16. The van der Waals surface area contributed by atoms with Crippen LogP contribution in [-0.4, -0.2) is 12.0 Å². The lowest BCUT2D eigenvalue weighted by Crippen LogP contribution is -2.17. The lowest BCUT2D eigenvalue weighted by atomic mass is 10.1. The van der Waals surface area contributed by atoms with Gasteiger partial charge in [0.05, 0.1) is 11.1 Å². The summed E-state index contributed by atoms with van der Waals surface area (Å²) in [4.78, 5) is 3.89. The highest BCUT2D eigenvalue weighted by atomic mass is 79.9. The van der Waals surface area contributed by atoms with Crippen molar-refractivity contribution in [2.24, 2.45) is 0 Å². The van der Waals surface area contributed by atoms with Crippen LogP contribution in [0.2, 0.25) is 5.02 Å². The lowest BCUT2D eigenvalue weighted by molar-refractivity contribution is -0.137. The van der Waals surface area contributed by atoms with Gasteiger partial charge < -0.3 is 5.32 Å². The standard InChI is InChI=1S/C12H9BrClF3N2S/c1-18-10(6-3-2-4-7(13)9(6)14)8-5-19-11(20-8)12(15,16)17/h2-5,10,18H,1H3. The first-order valence-corrected chi connectivity index (χ1v) is 7.47. The number of benzene rings is 1. The third-order valence-electron chi connectivity index (χ3n) is 2.63. The molecular weight excluding hydrogens is 377 g/mol. The van der Waals surface area contributed by atoms with Crippen LogP contribution in [0.3, 0.4) is 0 Å². The second-order valence-electron chi connectivity index (χ2n) is 3.93. The number of nitrogens with zero attached hydrogens (tertiary/aromatic N) is 1. The molecule has 2 nitrogen and oxygen atoms in total. The molecule has 1 N–H and O–H groups in total. The van der Waals surface area contributed by atoms with Gasteiger partial charge >= 0.3 is 6.18 Å². The van der Waals surface area contributed by atoms with Crippen molar-refractivity contribution < 1.29 is 13.2 Å². The fraction of sp³-hybridized carbons (Fsp3) is 0.250. The maximum absolute atomic E-state index is 12.6. The predicted molar refractivity (Wildman–Crippen MR) is 77.2 cm³/mol. The minimum absolute atomic E-state index is 0.436. The molecule has 0 amide bonds. The molecule has 2 rings (SSSR count). The van der Waals surface area contributed by atoms with Crippen LogP contribution < -0.4 is 5.32 Å². The summed E-state index contributed by atoms with van der Waals surface area (Å²) < 4.78 is 38.5. The van der Waals surface area contributed by atoms with Crippen LogP contribution in [0.1, 0.15) is 21.5 Å². The highest BCUT2D eigenvalue weighted by molar-refractivity contribution is 9.10. The first kappa shape index (κ1) is 15.8. The van der Waals surface area contributed by atoms with Crippen LogP contribution in [-0.2, 0) is 6.18 Å². The zero-order valence-electron chi connectivity index (χ0n) is 10.1. The van der Waals surface area contributed by atoms with Gasteiger partial charge in [0.1, 0.15) is 0 Å². The average Bonchev–Trinajstić information content (AvgIpc) is 2.85. The number of alkyl halides is 3. The molecule has 1 heterocycles. The van der Waals surface area contributed by atoms with Crippen LogP contribution in [0.15, 0.2) is 28.9 Å². The number of hydrogen-bond acceptors (Lipinski definition) is 3. The Morgan fingerprint density at radius 1 is 1.40 bits per heavy atom. The van der Waals surface area contributed by atoms with Crippen LogP contribution in [0.4, 0.5) is 13.2 Å². The topological polar surface area (TPSA) is 24.9 Å². The van der Waals surface area contributed by atoms with Gasteiger partial charge in [-0.3, -0.25) is 0 Å². The molecule has 0 bridgehead atoms. The van der Waals surface area contributed by atoms with Crippen LogP contribution in [0.25, 0.3) is 0 Å². The Morgan fingerprint density at radius 2 is 2.10 bits per heavy atom. The van der Waals surface area contributed by atoms with E-state index in [2.05, 4.69) is 26.2 Å². The average molecular weight is 386 g/mol. The van der Waals surface area contributed by atoms with Crippen molar-refractivity contribution >= 4 is 38.9 Å². The van der Waals surface area contributed by atoms with Crippen molar-refractivity contribution in [1.82, 2.24) is 10.3 Å². The number of halogens is 5. The van der Waals surface area contributed by atoms with E-state index in [1.54, 1.807) is 25.2 Å². The molecule has 0 aliphatic carbocycles. The molecule has 0 aliphatic rings. The zero-order valence-corrected chi connectivity index (χ0v) is 13.3. The molecule has 108 valence electrons. The lowest BCUT2D eigenvalue weighted by Gasteiger charge is -2.16. The molecule has 1 aromatic heterocycles. The minimum atomic E-state index is -4.43. The number of aromatic nitrogens is 1. The van der Waals surface area contributed by atoms with Gasteiger partial charge in [0.25, 0.3) is 0 Å². The highest BCUT2D eigenvalue weighted by Gasteiger charge is 2.35. The molecule has 0 spiro atoms. The molecule has 8 heteroatoms. The maximum Gasteiger partial charge on any atom is 0.443 e. The Labute approximate surface area is 131 Å². The van der Waals surface area contributed by atoms with Gasteiger partial charge in [-0.25, -0.2) is 4.98 Å². The molecule has 1 aromatic carbocycles. The van der Waals surface area contributed by atoms with Crippen molar-refractivity contribution in [3.8, 4) is 0 Å². The van der Waals surface area contributed by atoms with Crippen molar-refractivity contribution in [1.29, 1.82) is 0 Å². The van der Waals surface area contributed by atoms with E-state index >= 15 is 0 Å². The molecule has 0 fully saturated rings. The molecule has 1 unspecified atom stereocenters. The third-order valence-corrected chi connectivity index (χ3v) is 5.05. The normalized spacial score (nSPS) is 13.5. The molecule has 1 atom stereocenters. The van der Waals surface area contributed by atoms with E-state index in [4.69, 9.17) is 11.6 Å². The van der Waals surface area contributed by atoms with Gasteiger partial charge in [0.15, 0.2) is 5.01 Å². The summed E-state index contributed by atoms with van der Waals surface area (Å²) in [6, 6.07) is 4.88. The Balaban J connectivity index is 2.43. The van der Waals surface area contributed by atoms with E-state index in [1.165, 1.54) is 6.20 Å². The number of thiazole rings is 1. The molecule has 2 aromatic rings. The minimum Gasteiger partial charge on any atom is -0.309 e. The summed E-state index contributed by atoms with van der Waals surface area (Å²) in [6.45, 7) is 0. The largest absolute Gasteiger partial charge is 0.443 e. The Kier molecular flexibility index (Phi) is 4.73. The summed E-state index contributed by atoms with van der Waals surface area (Å²) in [6.07, 6.45) is -3.20. The first-order valence-electron chi connectivity index (χ1n) is 5.48. The van der Waals surface area contributed by atoms with Crippen LogP contribution in [0, 0.1) is 0 Å². The zero-order chi connectivity index (χ0) is 14.9. The van der Waals surface area contributed by atoms with Crippen LogP contribution in [0.5, 0.6) is 0 Å². The van der Waals surface area contributed by atoms with E-state index in [-0.39, 0.29) is 0 Å². The van der Waals surface area contributed by atoms with Gasteiger partial charge in [-0.2, -0.15) is 13.2 Å². The number of hydrogen-bond donors (Lipinski definition) is 1. The Morgan fingerprint density at radius 3 is 2.65 bits per heavy atom. The molecule has 0 saturated carbocycles. The second-order valence-corrected chi connectivity index (χ2v) is 6.22. The SMILES string of the molecule is CNC(c1cnc(C(F)(F)F)s1)c1cccc(Br)c1Cl. The van der Waals surface area contributed by atoms with E-state index < -0.39 is 17.2 Å². The van der Waals surface area contributed by atoms with E-state index in [9.17, 15) is 13.2 Å². The molecular formula is C12H9BrClF3N2S. The second kappa shape index (κ2) is 6.01. The number of nitrogens with one attached hydrogen (secondary N) is 1. The Hall–Kier alpha value is -0.630. The van der Waals surface area contributed by atoms with Crippen molar-refractivity contribution in [2.45, 2.75) is 12.2 Å². The monoisotopic (exact) mass is 384 g/mol. The number of rotatable bonds is 3. The fourth-order valence-corrected chi connectivity index (χ4v) is 3.27. The van der Waals surface area contributed by atoms with Gasteiger partial charge in [0.2, 0.25) is 0 Å². The summed E-state index contributed by atoms with van der Waals surface area (Å²) in [7, 11) is 1.66. The Bertz CT molecular complexity index is 615. The summed E-state index contributed by atoms with van der Waals surface area (Å²) in [5.41, 5.74) is 0.695. The molecule has 20 heavy (non-hydrogen) atoms. The van der Waals surface area contributed by atoms with Gasteiger partial charge in [0, 0.05) is 15.5 Å². The first-order chi connectivity index (χ1) is 9.34. The molecule has 0 saturated heterocycles. The van der Waals surface area contributed by atoms with Gasteiger partial charge in [-0.1, -0.05) is 23.7 Å². The predicted octanol–water partition coefficient (Wildman–Crippen LogP) is 4.89. The van der Waals surface area contributed by atoms with Crippen LogP contribution >= 0.6 is 38.9 Å². The van der Waals surface area contributed by atoms with Crippen molar-refractivity contribution in [3.05, 3.63) is 49.3 Å². The van der Waals surface area contributed by atoms with Crippen molar-refractivity contribution in [2.75, 3.05) is 7.05 Å². The molecule has 0 aliphatic heterocycles. The summed E-state index contributed by atoms with van der Waals surface area (Å²) in [5, 5.41) is 2.57. The fourth-order valence-electron chi connectivity index (χ4n) is 1.75. The maximum atomic E-state index is 12.6. The van der Waals surface area contributed by atoms with Gasteiger partial charge in [-0.05, 0) is 34.6 Å².